The molecular formula is C16H23N. The molecule has 1 unspecified atom stereocenters. The van der Waals surface area contributed by atoms with Gasteiger partial charge in [-0.3, -0.25) is 0 Å². The van der Waals surface area contributed by atoms with Gasteiger partial charge in [-0.25, -0.2) is 0 Å². The van der Waals surface area contributed by atoms with Crippen LogP contribution in [-0.2, 0) is 12.8 Å². The Bertz CT molecular complexity index is 391. The van der Waals surface area contributed by atoms with E-state index >= 15 is 0 Å². The highest BCUT2D eigenvalue weighted by atomic mass is 14.6. The summed E-state index contributed by atoms with van der Waals surface area (Å²) in [6.45, 7) is 0.823. The van der Waals surface area contributed by atoms with Gasteiger partial charge in [-0.05, 0) is 67.2 Å². The largest absolute Gasteiger partial charge is 0.330 e. The monoisotopic (exact) mass is 229 g/mol. The van der Waals surface area contributed by atoms with Gasteiger partial charge in [-0.2, -0.15) is 0 Å². The van der Waals surface area contributed by atoms with Crippen molar-refractivity contribution in [3.8, 4) is 0 Å². The lowest BCUT2D eigenvalue weighted by Gasteiger charge is -2.23. The molecule has 1 fully saturated rings. The molecule has 0 aliphatic heterocycles. The van der Waals surface area contributed by atoms with Gasteiger partial charge in [0.2, 0.25) is 0 Å². The Labute approximate surface area is 104 Å². The zero-order valence-electron chi connectivity index (χ0n) is 10.6. The first-order chi connectivity index (χ1) is 8.38. The van der Waals surface area contributed by atoms with Gasteiger partial charge < -0.3 is 5.73 Å². The zero-order chi connectivity index (χ0) is 11.7. The molecule has 0 aromatic heterocycles. The first-order valence-electron chi connectivity index (χ1n) is 7.20. The molecule has 1 nitrogen and oxygen atoms in total. The van der Waals surface area contributed by atoms with Crippen LogP contribution in [0.3, 0.4) is 0 Å². The van der Waals surface area contributed by atoms with Gasteiger partial charge in [-0.1, -0.05) is 31.0 Å². The third-order valence-corrected chi connectivity index (χ3v) is 4.77. The lowest BCUT2D eigenvalue weighted by Crippen LogP contribution is -2.20. The Morgan fingerprint density at radius 2 is 1.82 bits per heavy atom. The van der Waals surface area contributed by atoms with Crippen molar-refractivity contribution in [1.82, 2.24) is 0 Å². The third kappa shape index (κ3) is 2.13. The second kappa shape index (κ2) is 4.81. The number of hydrogen-bond acceptors (Lipinski definition) is 1. The maximum absolute atomic E-state index is 6.03. The predicted octanol–water partition coefficient (Wildman–Crippen LogP) is 3.41. The molecule has 3 rings (SSSR count). The van der Waals surface area contributed by atoms with E-state index < -0.39 is 0 Å². The summed E-state index contributed by atoms with van der Waals surface area (Å²) in [5.74, 6) is 1.46. The molecule has 0 spiro atoms. The number of nitrogens with two attached hydrogens (primary N) is 1. The number of rotatable bonds is 3. The van der Waals surface area contributed by atoms with Gasteiger partial charge in [0.25, 0.3) is 0 Å². The zero-order valence-corrected chi connectivity index (χ0v) is 10.6. The van der Waals surface area contributed by atoms with Crippen molar-refractivity contribution in [2.45, 2.75) is 50.9 Å². The Balaban J connectivity index is 1.85. The average molecular weight is 229 g/mol. The lowest BCUT2D eigenvalue weighted by atomic mass is 9.84. The van der Waals surface area contributed by atoms with Crippen LogP contribution in [-0.4, -0.2) is 6.54 Å². The Hall–Kier alpha value is -0.820. The summed E-state index contributed by atoms with van der Waals surface area (Å²) in [7, 11) is 0. The predicted molar refractivity (Wildman–Crippen MR) is 72.2 cm³/mol. The van der Waals surface area contributed by atoms with E-state index in [1.54, 1.807) is 11.1 Å². The van der Waals surface area contributed by atoms with Crippen molar-refractivity contribution in [2.24, 2.45) is 11.7 Å². The lowest BCUT2D eigenvalue weighted by molar-refractivity contribution is 0.440. The van der Waals surface area contributed by atoms with Crippen molar-refractivity contribution in [3.63, 3.8) is 0 Å². The maximum atomic E-state index is 6.03. The fourth-order valence-electron chi connectivity index (χ4n) is 3.78. The molecule has 0 saturated heterocycles. The van der Waals surface area contributed by atoms with Crippen LogP contribution in [0.15, 0.2) is 18.2 Å². The fourth-order valence-corrected chi connectivity index (χ4v) is 3.78. The van der Waals surface area contributed by atoms with Crippen molar-refractivity contribution >= 4 is 0 Å². The van der Waals surface area contributed by atoms with Crippen LogP contribution in [0.1, 0.15) is 54.7 Å². The van der Waals surface area contributed by atoms with Crippen LogP contribution >= 0.6 is 0 Å². The van der Waals surface area contributed by atoms with E-state index in [0.29, 0.717) is 5.92 Å². The molecule has 1 saturated carbocycles. The molecule has 1 aromatic carbocycles. The van der Waals surface area contributed by atoms with Crippen LogP contribution in [0.2, 0.25) is 0 Å². The highest BCUT2D eigenvalue weighted by molar-refractivity contribution is 5.37. The van der Waals surface area contributed by atoms with Crippen molar-refractivity contribution in [3.05, 3.63) is 34.9 Å². The van der Waals surface area contributed by atoms with Gasteiger partial charge in [0.1, 0.15) is 0 Å². The molecule has 1 heteroatoms. The van der Waals surface area contributed by atoms with Crippen LogP contribution in [0, 0.1) is 5.92 Å². The fraction of sp³-hybridized carbons (Fsp3) is 0.625. The van der Waals surface area contributed by atoms with Gasteiger partial charge in [0, 0.05) is 0 Å². The quantitative estimate of drug-likeness (QED) is 0.844. The van der Waals surface area contributed by atoms with Crippen LogP contribution in [0.4, 0.5) is 0 Å². The summed E-state index contributed by atoms with van der Waals surface area (Å²) < 4.78 is 0. The highest BCUT2D eigenvalue weighted by Crippen LogP contribution is 2.37. The number of hydrogen-bond donors (Lipinski definition) is 1. The molecule has 2 aliphatic carbocycles. The molecule has 0 radical (unpaired) electrons. The van der Waals surface area contributed by atoms with Crippen LogP contribution in [0.5, 0.6) is 0 Å². The highest BCUT2D eigenvalue weighted by Gasteiger charge is 2.26. The van der Waals surface area contributed by atoms with Gasteiger partial charge in [0.15, 0.2) is 0 Å². The topological polar surface area (TPSA) is 26.0 Å². The SMILES string of the molecule is NCC(c1ccc2c(c1)CCC2)C1CCCC1. The number of fused-ring (bicyclic) bond motifs is 1. The molecule has 0 heterocycles. The Kier molecular flexibility index (Phi) is 3.19. The third-order valence-electron chi connectivity index (χ3n) is 4.77. The Morgan fingerprint density at radius 1 is 1.06 bits per heavy atom. The summed E-state index contributed by atoms with van der Waals surface area (Å²) in [5, 5.41) is 0. The van der Waals surface area contributed by atoms with Gasteiger partial charge >= 0.3 is 0 Å². The van der Waals surface area contributed by atoms with Crippen LogP contribution < -0.4 is 5.73 Å². The molecule has 92 valence electrons. The van der Waals surface area contributed by atoms with E-state index in [0.717, 1.165) is 12.5 Å². The smallest absolute Gasteiger partial charge is 0.000556 e. The minimum absolute atomic E-state index is 0.614. The second-order valence-electron chi connectivity index (χ2n) is 5.77. The molecule has 1 aromatic rings. The average Bonchev–Trinajstić information content (AvgIpc) is 2.99. The van der Waals surface area contributed by atoms with Gasteiger partial charge in [-0.15, -0.1) is 0 Å². The summed E-state index contributed by atoms with van der Waals surface area (Å²) in [5.41, 5.74) is 10.7. The summed E-state index contributed by atoms with van der Waals surface area (Å²) in [6, 6.07) is 7.16. The van der Waals surface area contributed by atoms with E-state index in [1.807, 2.05) is 0 Å². The normalized spacial score (nSPS) is 21.7. The van der Waals surface area contributed by atoms with E-state index in [9.17, 15) is 0 Å². The van der Waals surface area contributed by atoms with Gasteiger partial charge in [0.05, 0.1) is 0 Å². The van der Waals surface area contributed by atoms with E-state index in [-0.39, 0.29) is 0 Å². The molecule has 17 heavy (non-hydrogen) atoms. The first-order valence-corrected chi connectivity index (χ1v) is 7.20. The molecule has 0 amide bonds. The molecule has 0 bridgehead atoms. The van der Waals surface area contributed by atoms with E-state index in [1.165, 1.54) is 50.5 Å². The molecule has 2 N–H and O–H groups in total. The summed E-state index contributed by atoms with van der Waals surface area (Å²) in [6.07, 6.45) is 9.50. The Morgan fingerprint density at radius 3 is 2.59 bits per heavy atom. The first kappa shape index (κ1) is 11.3. The summed E-state index contributed by atoms with van der Waals surface area (Å²) >= 11 is 0. The minimum Gasteiger partial charge on any atom is -0.330 e. The van der Waals surface area contributed by atoms with Crippen molar-refractivity contribution < 1.29 is 0 Å². The molecule has 1 atom stereocenters. The van der Waals surface area contributed by atoms with Crippen molar-refractivity contribution in [1.29, 1.82) is 0 Å². The summed E-state index contributed by atoms with van der Waals surface area (Å²) in [4.78, 5) is 0. The number of benzene rings is 1. The molecule has 2 aliphatic rings. The van der Waals surface area contributed by atoms with E-state index in [2.05, 4.69) is 18.2 Å². The molecular weight excluding hydrogens is 206 g/mol. The van der Waals surface area contributed by atoms with Crippen molar-refractivity contribution in [2.75, 3.05) is 6.54 Å². The minimum atomic E-state index is 0.614. The van der Waals surface area contributed by atoms with E-state index in [4.69, 9.17) is 5.73 Å². The van der Waals surface area contributed by atoms with Crippen LogP contribution in [0.25, 0.3) is 0 Å². The number of aryl methyl sites for hydroxylation is 2. The standard InChI is InChI=1S/C16H23N/c17-11-16(13-4-1-2-5-13)15-9-8-12-6-3-7-14(12)10-15/h8-10,13,16H,1-7,11,17H2. The second-order valence-corrected chi connectivity index (χ2v) is 5.77. The maximum Gasteiger partial charge on any atom is -0.000556 e.